The summed E-state index contributed by atoms with van der Waals surface area (Å²) < 4.78 is 1.70. The Morgan fingerprint density at radius 1 is 1.14 bits per heavy atom. The van der Waals surface area contributed by atoms with Crippen molar-refractivity contribution in [2.75, 3.05) is 26.2 Å². The molecule has 1 fully saturated rings. The Balaban J connectivity index is 1.13. The smallest absolute Gasteiger partial charge is 0.259 e. The summed E-state index contributed by atoms with van der Waals surface area (Å²) in [6, 6.07) is 5.62. The zero-order valence-electron chi connectivity index (χ0n) is 19.7. The van der Waals surface area contributed by atoms with Crippen LogP contribution in [0.25, 0.3) is 16.0 Å². The van der Waals surface area contributed by atoms with Crippen LogP contribution in [0.15, 0.2) is 35.4 Å². The third-order valence-corrected chi connectivity index (χ3v) is 8.20. The van der Waals surface area contributed by atoms with Gasteiger partial charge in [-0.3, -0.25) is 14.5 Å². The molecule has 0 radical (unpaired) electrons. The average molecular weight is 490 g/mol. The van der Waals surface area contributed by atoms with Crippen molar-refractivity contribution in [3.05, 3.63) is 68.5 Å². The molecule has 0 saturated carbocycles. The number of rotatable bonds is 4. The number of thiophene rings is 1. The normalized spacial score (nSPS) is 16.5. The summed E-state index contributed by atoms with van der Waals surface area (Å²) in [5.41, 5.74) is 2.58. The topological polar surface area (TPSA) is 100 Å². The van der Waals surface area contributed by atoms with E-state index in [2.05, 4.69) is 20.0 Å². The second kappa shape index (κ2) is 9.01. The number of aryl methyl sites for hydroxylation is 2. The first-order valence-electron chi connectivity index (χ1n) is 12.1. The molecule has 6 rings (SSSR count). The number of carbonyl (C=O) groups is 1. The quantitative estimate of drug-likeness (QED) is 0.473. The van der Waals surface area contributed by atoms with Gasteiger partial charge >= 0.3 is 0 Å². The van der Waals surface area contributed by atoms with Gasteiger partial charge in [-0.15, -0.1) is 11.3 Å². The molecule has 2 aliphatic rings. The van der Waals surface area contributed by atoms with Crippen molar-refractivity contribution in [1.82, 2.24) is 34.5 Å². The van der Waals surface area contributed by atoms with Crippen molar-refractivity contribution in [2.24, 2.45) is 0 Å². The molecule has 1 aliphatic heterocycles. The zero-order chi connectivity index (χ0) is 23.9. The Morgan fingerprint density at radius 2 is 1.97 bits per heavy atom. The highest BCUT2D eigenvalue weighted by molar-refractivity contribution is 7.18. The highest BCUT2D eigenvalue weighted by Gasteiger charge is 2.26. The third-order valence-electron chi connectivity index (χ3n) is 7.01. The maximum atomic E-state index is 13.2. The molecule has 10 heteroatoms. The van der Waals surface area contributed by atoms with Crippen molar-refractivity contribution >= 4 is 27.5 Å². The Hall–Kier alpha value is -3.37. The predicted octanol–water partition coefficient (Wildman–Crippen LogP) is 2.71. The molecule has 1 N–H and O–H groups in total. The minimum Gasteiger partial charge on any atom is -0.336 e. The van der Waals surface area contributed by atoms with E-state index < -0.39 is 0 Å². The Labute approximate surface area is 206 Å². The number of hydrogen-bond acceptors (Lipinski definition) is 7. The summed E-state index contributed by atoms with van der Waals surface area (Å²) in [7, 11) is 0. The number of amides is 1. The van der Waals surface area contributed by atoms with E-state index in [9.17, 15) is 9.59 Å². The number of fused-ring (bicyclic) bond motifs is 3. The standard InChI is InChI=1S/C25H27N7O2S/c1-16-18(14-27-32(16)21-8-4-5-9-26-21)25(34)31-12-10-30(11-13-31)15-20-28-23(33)22-17-6-2-3-7-19(17)35-24(22)29-20/h4-5,8-9,14H,2-3,6-7,10-13,15H2,1H3,(H,28,29,33). The van der Waals surface area contributed by atoms with Gasteiger partial charge in [-0.25, -0.2) is 14.6 Å². The minimum atomic E-state index is -0.0152. The Morgan fingerprint density at radius 3 is 2.77 bits per heavy atom. The molecule has 4 aromatic rings. The van der Waals surface area contributed by atoms with Crippen molar-refractivity contribution in [2.45, 2.75) is 39.2 Å². The molecule has 0 aromatic carbocycles. The molecule has 180 valence electrons. The lowest BCUT2D eigenvalue weighted by Crippen LogP contribution is -2.48. The summed E-state index contributed by atoms with van der Waals surface area (Å²) in [5.74, 6) is 1.38. The van der Waals surface area contributed by atoms with Crippen LogP contribution in [0, 0.1) is 6.92 Å². The van der Waals surface area contributed by atoms with Crippen LogP contribution in [0.2, 0.25) is 0 Å². The predicted molar refractivity (Wildman–Crippen MR) is 134 cm³/mol. The molecular weight excluding hydrogens is 462 g/mol. The first-order chi connectivity index (χ1) is 17.1. The van der Waals surface area contributed by atoms with Gasteiger partial charge in [0.05, 0.1) is 29.4 Å². The van der Waals surface area contributed by atoms with E-state index in [4.69, 9.17) is 4.98 Å². The number of aromatic amines is 1. The molecule has 1 amide bonds. The lowest BCUT2D eigenvalue weighted by Gasteiger charge is -2.34. The van der Waals surface area contributed by atoms with Crippen LogP contribution < -0.4 is 5.56 Å². The fourth-order valence-electron chi connectivity index (χ4n) is 5.10. The van der Waals surface area contributed by atoms with E-state index in [0.29, 0.717) is 36.8 Å². The number of aromatic nitrogens is 5. The van der Waals surface area contributed by atoms with Gasteiger partial charge in [0, 0.05) is 37.3 Å². The summed E-state index contributed by atoms with van der Waals surface area (Å²) in [5, 5.41) is 5.18. The molecule has 5 heterocycles. The molecule has 0 atom stereocenters. The second-order valence-corrected chi connectivity index (χ2v) is 10.3. The lowest BCUT2D eigenvalue weighted by atomic mass is 9.97. The van der Waals surface area contributed by atoms with Crippen LogP contribution in [0.4, 0.5) is 0 Å². The number of hydrogen-bond donors (Lipinski definition) is 1. The summed E-state index contributed by atoms with van der Waals surface area (Å²) in [4.78, 5) is 44.5. The summed E-state index contributed by atoms with van der Waals surface area (Å²) >= 11 is 1.68. The van der Waals surface area contributed by atoms with Gasteiger partial charge in [-0.05, 0) is 50.3 Å². The molecule has 1 aliphatic carbocycles. The first kappa shape index (κ1) is 22.1. The zero-order valence-corrected chi connectivity index (χ0v) is 20.5. The number of H-pyrrole nitrogens is 1. The second-order valence-electron chi connectivity index (χ2n) is 9.22. The van der Waals surface area contributed by atoms with Crippen LogP contribution in [-0.2, 0) is 19.4 Å². The van der Waals surface area contributed by atoms with Gasteiger partial charge < -0.3 is 9.88 Å². The highest BCUT2D eigenvalue weighted by Crippen LogP contribution is 2.33. The molecule has 1 saturated heterocycles. The van der Waals surface area contributed by atoms with Crippen LogP contribution in [0.3, 0.4) is 0 Å². The first-order valence-corrected chi connectivity index (χ1v) is 12.9. The van der Waals surface area contributed by atoms with Crippen LogP contribution in [0.1, 0.15) is 45.2 Å². The van der Waals surface area contributed by atoms with Gasteiger partial charge in [0.2, 0.25) is 0 Å². The summed E-state index contributed by atoms with van der Waals surface area (Å²) in [6.07, 6.45) is 7.72. The average Bonchev–Trinajstić information content (AvgIpc) is 3.45. The molecule has 35 heavy (non-hydrogen) atoms. The Bertz CT molecular complexity index is 1450. The van der Waals surface area contributed by atoms with Gasteiger partial charge in [0.25, 0.3) is 11.5 Å². The number of nitrogens with one attached hydrogen (secondary N) is 1. The Kier molecular flexibility index (Phi) is 5.69. The maximum Gasteiger partial charge on any atom is 0.259 e. The molecular formula is C25H27N7O2S. The maximum absolute atomic E-state index is 13.2. The monoisotopic (exact) mass is 489 g/mol. The van der Waals surface area contributed by atoms with Crippen molar-refractivity contribution in [3.8, 4) is 5.82 Å². The van der Waals surface area contributed by atoms with Crippen LogP contribution in [-0.4, -0.2) is 66.6 Å². The number of pyridine rings is 1. The lowest BCUT2D eigenvalue weighted by molar-refractivity contribution is 0.0624. The number of piperazine rings is 1. The van der Waals surface area contributed by atoms with E-state index in [1.165, 1.54) is 16.9 Å². The fourth-order valence-corrected chi connectivity index (χ4v) is 6.39. The van der Waals surface area contributed by atoms with Gasteiger partial charge in [-0.1, -0.05) is 6.07 Å². The van der Waals surface area contributed by atoms with Gasteiger partial charge in [0.1, 0.15) is 10.7 Å². The molecule has 9 nitrogen and oxygen atoms in total. The van der Waals surface area contributed by atoms with E-state index in [0.717, 1.165) is 48.3 Å². The van der Waals surface area contributed by atoms with E-state index in [1.807, 2.05) is 30.0 Å². The van der Waals surface area contributed by atoms with Crippen LogP contribution >= 0.6 is 11.3 Å². The highest BCUT2D eigenvalue weighted by atomic mass is 32.1. The van der Waals surface area contributed by atoms with E-state index in [-0.39, 0.29) is 11.5 Å². The molecule has 0 unspecified atom stereocenters. The third kappa shape index (κ3) is 4.06. The largest absolute Gasteiger partial charge is 0.336 e. The van der Waals surface area contributed by atoms with Crippen LogP contribution in [0.5, 0.6) is 0 Å². The van der Waals surface area contributed by atoms with Gasteiger partial charge in [0.15, 0.2) is 5.82 Å². The summed E-state index contributed by atoms with van der Waals surface area (Å²) in [6.45, 7) is 5.15. The van der Waals surface area contributed by atoms with E-state index in [1.54, 1.807) is 28.4 Å². The molecule has 0 spiro atoms. The molecule has 4 aromatic heterocycles. The van der Waals surface area contributed by atoms with E-state index >= 15 is 0 Å². The molecule has 0 bridgehead atoms. The number of carbonyl (C=O) groups excluding carboxylic acids is 1. The van der Waals surface area contributed by atoms with Crippen molar-refractivity contribution < 1.29 is 4.79 Å². The minimum absolute atomic E-state index is 0.0125. The van der Waals surface area contributed by atoms with Crippen molar-refractivity contribution in [3.63, 3.8) is 0 Å². The van der Waals surface area contributed by atoms with Gasteiger partial charge in [-0.2, -0.15) is 5.10 Å². The SMILES string of the molecule is Cc1c(C(=O)N2CCN(Cc3nc4sc5c(c4c(=O)[nH]3)CCCC5)CC2)cnn1-c1ccccn1. The number of nitrogens with zero attached hydrogens (tertiary/aromatic N) is 6. The fraction of sp³-hybridized carbons (Fsp3) is 0.400. The van der Waals surface area contributed by atoms with Crippen molar-refractivity contribution in [1.29, 1.82) is 0 Å².